The molecule has 2 fully saturated rings. The van der Waals surface area contributed by atoms with E-state index in [-0.39, 0.29) is 0 Å². The number of aromatic nitrogens is 5. The van der Waals surface area contributed by atoms with Crippen LogP contribution in [-0.2, 0) is 0 Å². The number of hydrogen-bond acceptors (Lipinski definition) is 7. The van der Waals surface area contributed by atoms with Crippen molar-refractivity contribution in [2.24, 2.45) is 0 Å². The van der Waals surface area contributed by atoms with Crippen LogP contribution in [0.15, 0.2) is 30.3 Å². The van der Waals surface area contributed by atoms with Gasteiger partial charge in [0, 0.05) is 72.1 Å². The molecule has 34 heavy (non-hydrogen) atoms. The number of anilines is 3. The molecular weight excluding hydrogens is 428 g/mol. The van der Waals surface area contributed by atoms with E-state index in [1.165, 1.54) is 18.5 Å². The van der Waals surface area contributed by atoms with Gasteiger partial charge in [-0.15, -0.1) is 0 Å². The average Bonchev–Trinajstić information content (AvgIpc) is 3.45. The van der Waals surface area contributed by atoms with E-state index < -0.39 is 0 Å². The summed E-state index contributed by atoms with van der Waals surface area (Å²) in [5.74, 6) is 3.65. The van der Waals surface area contributed by atoms with Crippen LogP contribution < -0.4 is 15.0 Å². The Morgan fingerprint density at radius 2 is 1.82 bits per heavy atom. The van der Waals surface area contributed by atoms with Gasteiger partial charge in [-0.1, -0.05) is 0 Å². The van der Waals surface area contributed by atoms with Crippen LogP contribution in [0.2, 0.25) is 0 Å². The Morgan fingerprint density at radius 3 is 2.62 bits per heavy atom. The summed E-state index contributed by atoms with van der Waals surface area (Å²) in [6, 6.07) is 10.5. The van der Waals surface area contributed by atoms with Gasteiger partial charge in [0.05, 0.1) is 0 Å². The van der Waals surface area contributed by atoms with Crippen molar-refractivity contribution in [1.29, 1.82) is 0 Å². The zero-order valence-corrected chi connectivity index (χ0v) is 19.9. The van der Waals surface area contributed by atoms with Gasteiger partial charge < -0.3 is 24.8 Å². The quantitative estimate of drug-likeness (QED) is 0.392. The van der Waals surface area contributed by atoms with Crippen molar-refractivity contribution in [3.05, 3.63) is 47.3 Å². The first kappa shape index (κ1) is 21.0. The van der Waals surface area contributed by atoms with Gasteiger partial charge in [0.25, 0.3) is 0 Å². The Balaban J connectivity index is 1.32. The van der Waals surface area contributed by atoms with Crippen LogP contribution >= 0.6 is 0 Å². The molecule has 4 aromatic rings. The van der Waals surface area contributed by atoms with Gasteiger partial charge in [0.15, 0.2) is 5.82 Å². The molecule has 0 radical (unpaired) electrons. The predicted octanol–water partition coefficient (Wildman–Crippen LogP) is 4.46. The average molecular weight is 459 g/mol. The maximum atomic E-state index is 6.27. The number of nitrogens with zero attached hydrogens (tertiary/aromatic N) is 5. The Kier molecular flexibility index (Phi) is 5.13. The number of piperazine rings is 1. The largest absolute Gasteiger partial charge is 0.424 e. The highest BCUT2D eigenvalue weighted by atomic mass is 16.5. The molecule has 1 aliphatic carbocycles. The van der Waals surface area contributed by atoms with Gasteiger partial charge in [-0.3, -0.25) is 5.10 Å². The van der Waals surface area contributed by atoms with E-state index in [9.17, 15) is 0 Å². The normalized spacial score (nSPS) is 16.9. The Hall–Kier alpha value is -3.59. The minimum Gasteiger partial charge on any atom is -0.424 e. The van der Waals surface area contributed by atoms with Gasteiger partial charge in [0.2, 0.25) is 0 Å². The Labute approximate surface area is 198 Å². The lowest BCUT2D eigenvalue weighted by atomic mass is 10.1. The summed E-state index contributed by atoms with van der Waals surface area (Å²) in [5, 5.41) is 12.1. The topological polar surface area (TPSA) is 98.0 Å². The van der Waals surface area contributed by atoms with E-state index in [0.717, 1.165) is 65.7 Å². The van der Waals surface area contributed by atoms with Gasteiger partial charge in [-0.05, 0) is 51.9 Å². The van der Waals surface area contributed by atoms with Crippen LogP contribution in [0.25, 0.3) is 10.9 Å². The van der Waals surface area contributed by atoms with Crippen LogP contribution in [-0.4, -0.2) is 63.3 Å². The van der Waals surface area contributed by atoms with Crippen molar-refractivity contribution >= 4 is 28.4 Å². The third-order valence-electron chi connectivity index (χ3n) is 6.75. The molecule has 3 N–H and O–H groups in total. The zero-order chi connectivity index (χ0) is 23.2. The number of likely N-dealkylation sites (N-methyl/N-ethyl adjacent to an activating group) is 1. The van der Waals surface area contributed by atoms with E-state index in [1.54, 1.807) is 0 Å². The number of ether oxygens (including phenoxy) is 1. The molecule has 1 saturated carbocycles. The Bertz CT molecular complexity index is 1330. The SMILES string of the molecule is Cc1cc2c(C)c(Oc3nc(Nc4cc(C5CC5)[nH]n4)cc(N4CCN(C)CC4)n3)ccc2[nH]1. The minimum atomic E-state index is 0.326. The van der Waals surface area contributed by atoms with Crippen LogP contribution in [0.5, 0.6) is 11.8 Å². The number of fused-ring (bicyclic) bond motifs is 1. The van der Waals surface area contributed by atoms with Crippen LogP contribution in [0.3, 0.4) is 0 Å². The number of aromatic amines is 2. The molecule has 0 bridgehead atoms. The lowest BCUT2D eigenvalue weighted by Gasteiger charge is -2.33. The monoisotopic (exact) mass is 458 g/mol. The molecule has 176 valence electrons. The fourth-order valence-electron chi connectivity index (χ4n) is 4.53. The molecule has 0 unspecified atom stereocenters. The second kappa shape index (κ2) is 8.32. The van der Waals surface area contributed by atoms with E-state index in [2.05, 4.69) is 68.3 Å². The third kappa shape index (κ3) is 4.19. The second-order valence-electron chi connectivity index (χ2n) is 9.50. The van der Waals surface area contributed by atoms with E-state index in [4.69, 9.17) is 9.72 Å². The molecule has 0 amide bonds. The Morgan fingerprint density at radius 1 is 1.00 bits per heavy atom. The molecule has 1 aromatic carbocycles. The number of hydrogen-bond donors (Lipinski definition) is 3. The minimum absolute atomic E-state index is 0.326. The van der Waals surface area contributed by atoms with Crippen molar-refractivity contribution in [2.45, 2.75) is 32.6 Å². The highest BCUT2D eigenvalue weighted by molar-refractivity contribution is 5.86. The summed E-state index contributed by atoms with van der Waals surface area (Å²) in [7, 11) is 2.15. The van der Waals surface area contributed by atoms with Gasteiger partial charge in [-0.25, -0.2) is 0 Å². The molecule has 0 atom stereocenters. The highest BCUT2D eigenvalue weighted by Crippen LogP contribution is 2.40. The van der Waals surface area contributed by atoms with Gasteiger partial charge in [-0.2, -0.15) is 15.1 Å². The number of benzene rings is 1. The summed E-state index contributed by atoms with van der Waals surface area (Å²) in [6.45, 7) is 7.94. The van der Waals surface area contributed by atoms with E-state index in [1.807, 2.05) is 18.2 Å². The summed E-state index contributed by atoms with van der Waals surface area (Å²) in [5.41, 5.74) is 4.46. The van der Waals surface area contributed by atoms with Crippen molar-refractivity contribution < 1.29 is 4.74 Å². The molecule has 1 saturated heterocycles. The van der Waals surface area contributed by atoms with Crippen molar-refractivity contribution in [2.75, 3.05) is 43.4 Å². The van der Waals surface area contributed by atoms with Crippen molar-refractivity contribution in [3.8, 4) is 11.8 Å². The maximum absolute atomic E-state index is 6.27. The predicted molar refractivity (Wildman–Crippen MR) is 133 cm³/mol. The maximum Gasteiger partial charge on any atom is 0.325 e. The summed E-state index contributed by atoms with van der Waals surface area (Å²) in [6.07, 6.45) is 2.45. The summed E-state index contributed by atoms with van der Waals surface area (Å²) in [4.78, 5) is 17.5. The lowest BCUT2D eigenvalue weighted by Crippen LogP contribution is -2.44. The third-order valence-corrected chi connectivity index (χ3v) is 6.75. The first-order valence-electron chi connectivity index (χ1n) is 11.9. The van der Waals surface area contributed by atoms with Crippen LogP contribution in [0, 0.1) is 13.8 Å². The number of rotatable bonds is 6. The van der Waals surface area contributed by atoms with Crippen LogP contribution in [0.4, 0.5) is 17.5 Å². The van der Waals surface area contributed by atoms with E-state index >= 15 is 0 Å². The standard InChI is InChI=1S/C25H30N8O/c1-15-12-18-16(2)21(7-6-19(18)26-15)34-25-28-22(27-23-13-20(30-31-23)17-4-5-17)14-24(29-25)33-10-8-32(3)9-11-33/h6-7,12-14,17,26H,4-5,8-11H2,1-3H3,(H2,27,28,29,30,31). The first-order valence-corrected chi connectivity index (χ1v) is 11.9. The number of nitrogens with one attached hydrogen (secondary N) is 3. The fourth-order valence-corrected chi connectivity index (χ4v) is 4.53. The molecular formula is C25H30N8O. The fraction of sp³-hybridized carbons (Fsp3) is 0.400. The molecule has 0 spiro atoms. The van der Waals surface area contributed by atoms with Gasteiger partial charge in [0.1, 0.15) is 17.4 Å². The molecule has 2 aliphatic rings. The molecule has 9 nitrogen and oxygen atoms in total. The summed E-state index contributed by atoms with van der Waals surface area (Å²) >= 11 is 0. The summed E-state index contributed by atoms with van der Waals surface area (Å²) < 4.78 is 6.27. The molecule has 9 heteroatoms. The van der Waals surface area contributed by atoms with Gasteiger partial charge >= 0.3 is 6.01 Å². The molecule has 4 heterocycles. The highest BCUT2D eigenvalue weighted by Gasteiger charge is 2.26. The number of H-pyrrole nitrogens is 2. The smallest absolute Gasteiger partial charge is 0.325 e. The molecule has 6 rings (SSSR count). The molecule has 3 aromatic heterocycles. The first-order chi connectivity index (χ1) is 16.5. The second-order valence-corrected chi connectivity index (χ2v) is 9.50. The van der Waals surface area contributed by atoms with Crippen molar-refractivity contribution in [1.82, 2.24) is 30.0 Å². The van der Waals surface area contributed by atoms with E-state index in [0.29, 0.717) is 17.7 Å². The molecule has 1 aliphatic heterocycles. The number of aryl methyl sites for hydroxylation is 2. The van der Waals surface area contributed by atoms with Crippen molar-refractivity contribution in [3.63, 3.8) is 0 Å². The van der Waals surface area contributed by atoms with Crippen LogP contribution in [0.1, 0.15) is 35.7 Å². The lowest BCUT2D eigenvalue weighted by molar-refractivity contribution is 0.311. The zero-order valence-electron chi connectivity index (χ0n) is 19.9.